The summed E-state index contributed by atoms with van der Waals surface area (Å²) >= 11 is 13.4. The molecule has 2 saturated carbocycles. The summed E-state index contributed by atoms with van der Waals surface area (Å²) in [5.41, 5.74) is 3.98. The van der Waals surface area contributed by atoms with E-state index in [1.165, 1.54) is 0 Å². The number of benzene rings is 2. The zero-order valence-electron chi connectivity index (χ0n) is 28.9. The number of hydrogen-bond donors (Lipinski definition) is 5. The number of carbonyl (C=O) groups excluding carboxylic acids is 1. The summed E-state index contributed by atoms with van der Waals surface area (Å²) in [5, 5.41) is 50.3. The number of nitrogens with zero attached hydrogens (tertiary/aromatic N) is 2. The van der Waals surface area contributed by atoms with Crippen molar-refractivity contribution in [2.45, 2.75) is 87.7 Å². The molecule has 1 amide bonds. The van der Waals surface area contributed by atoms with Crippen LogP contribution in [0.4, 0.5) is 0 Å². The minimum atomic E-state index is -3.70. The van der Waals surface area contributed by atoms with Gasteiger partial charge in [-0.3, -0.25) is 9.78 Å². The Morgan fingerprint density at radius 2 is 1.65 bits per heavy atom. The fourth-order valence-corrected chi connectivity index (χ4v) is 7.20. The normalized spacial score (nSPS) is 17.6. The molecule has 2 aliphatic rings. The highest BCUT2D eigenvalue weighted by atomic mass is 35.5. The summed E-state index contributed by atoms with van der Waals surface area (Å²) in [6, 6.07) is 13.6. The van der Waals surface area contributed by atoms with Crippen LogP contribution >= 0.6 is 23.2 Å². The van der Waals surface area contributed by atoms with Gasteiger partial charge in [-0.15, -0.1) is 0 Å². The van der Waals surface area contributed by atoms with Gasteiger partial charge in [0, 0.05) is 52.9 Å². The number of aromatic nitrogens is 1. The van der Waals surface area contributed by atoms with Gasteiger partial charge in [-0.1, -0.05) is 41.4 Å². The molecule has 0 bridgehead atoms. The minimum absolute atomic E-state index is 0.0314. The van der Waals surface area contributed by atoms with Crippen LogP contribution in [0.3, 0.4) is 0 Å². The molecular weight excluding hydrogens is 735 g/mol. The van der Waals surface area contributed by atoms with Crippen LogP contribution < -0.4 is 4.74 Å². The van der Waals surface area contributed by atoms with Crippen LogP contribution in [-0.2, 0) is 38.0 Å². The smallest absolute Gasteiger partial charge is 0.237 e. The highest BCUT2D eigenvalue weighted by Crippen LogP contribution is 2.53. The zero-order valence-corrected chi connectivity index (χ0v) is 31.2. The average molecular weight is 782 g/mol. The van der Waals surface area contributed by atoms with E-state index in [-0.39, 0.29) is 19.3 Å². The maximum absolute atomic E-state index is 12.8. The first kappa shape index (κ1) is 40.3. The number of para-hydroxylation sites is 1. The number of ether oxygens (including phenoxy) is 2. The van der Waals surface area contributed by atoms with E-state index in [1.807, 2.05) is 30.5 Å². The predicted octanol–water partition coefficient (Wildman–Crippen LogP) is 3.43. The maximum Gasteiger partial charge on any atom is 0.237 e. The molecule has 1 aromatic heterocycles. The molecule has 2 aromatic carbocycles. The van der Waals surface area contributed by atoms with Gasteiger partial charge < -0.3 is 39.9 Å². The molecule has 0 spiro atoms. The summed E-state index contributed by atoms with van der Waals surface area (Å²) in [7, 11) is -3.70. The fourth-order valence-electron chi connectivity index (χ4n) is 6.05. The number of aliphatic hydroxyl groups is 5. The minimum Gasteiger partial charge on any atom is -0.490 e. The van der Waals surface area contributed by atoms with E-state index < -0.39 is 64.7 Å². The lowest BCUT2D eigenvalue weighted by Gasteiger charge is -2.30. The zero-order chi connectivity index (χ0) is 37.6. The Kier molecular flexibility index (Phi) is 13.6. The van der Waals surface area contributed by atoms with Gasteiger partial charge in [0.2, 0.25) is 5.91 Å². The Balaban J connectivity index is 1.20. The van der Waals surface area contributed by atoms with Crippen LogP contribution in [-0.4, -0.2) is 112 Å². The van der Waals surface area contributed by atoms with Gasteiger partial charge in [0.1, 0.15) is 35.9 Å². The quantitative estimate of drug-likeness (QED) is 0.106. The number of carbonyl (C=O) groups is 1. The van der Waals surface area contributed by atoms with Gasteiger partial charge >= 0.3 is 0 Å². The van der Waals surface area contributed by atoms with Crippen LogP contribution in [0.15, 0.2) is 54.9 Å². The predicted molar refractivity (Wildman–Crippen MR) is 196 cm³/mol. The van der Waals surface area contributed by atoms with Gasteiger partial charge in [0.25, 0.3) is 0 Å². The number of aliphatic hydroxyl groups excluding tert-OH is 5. The third-order valence-corrected chi connectivity index (χ3v) is 10.8. The molecule has 0 saturated heterocycles. The number of hydrogen-bond acceptors (Lipinski definition) is 11. The largest absolute Gasteiger partial charge is 0.490 e. The highest BCUT2D eigenvalue weighted by molar-refractivity contribution is 7.91. The van der Waals surface area contributed by atoms with E-state index in [2.05, 4.69) is 11.1 Å². The van der Waals surface area contributed by atoms with Crippen molar-refractivity contribution in [2.24, 2.45) is 0 Å². The summed E-state index contributed by atoms with van der Waals surface area (Å²) in [5.74, 6) is -0.759. The first-order valence-electron chi connectivity index (χ1n) is 17.3. The molecule has 0 aliphatic heterocycles. The molecule has 0 radical (unpaired) electrons. The molecule has 4 unspecified atom stereocenters. The van der Waals surface area contributed by atoms with E-state index in [0.29, 0.717) is 29.3 Å². The standard InChI is InChI=1S/C37H46Cl2N2O10S/c1-52(48,49)22-34(45)41(19-31(43)35(46)36(47)32(44)20-42)15-5-4-6-23-16-30(39)24(17-29(23)38)21-50-37(12-13-37)28-18-40-14-11-26(28)27-7-2-3-8-33(27)51-25-9-10-25/h2-3,7-8,11,14,16-18,25,31-32,35-36,42-44,46-47H,4-6,9-10,12-13,15,19-22H2,1H3. The van der Waals surface area contributed by atoms with Crippen molar-refractivity contribution in [2.75, 3.05) is 31.7 Å². The highest BCUT2D eigenvalue weighted by Gasteiger charge is 2.48. The molecule has 5 rings (SSSR count). The van der Waals surface area contributed by atoms with Crippen molar-refractivity contribution in [3.8, 4) is 16.9 Å². The van der Waals surface area contributed by atoms with Gasteiger partial charge in [-0.2, -0.15) is 0 Å². The van der Waals surface area contributed by atoms with Crippen LogP contribution in [0.25, 0.3) is 11.1 Å². The third kappa shape index (κ3) is 10.6. The number of rotatable bonds is 20. The Morgan fingerprint density at radius 3 is 2.33 bits per heavy atom. The lowest BCUT2D eigenvalue weighted by molar-refractivity contribution is -0.137. The monoisotopic (exact) mass is 780 g/mol. The number of aryl methyl sites for hydroxylation is 1. The Bertz CT molecular complexity index is 1800. The molecule has 4 atom stereocenters. The van der Waals surface area contributed by atoms with E-state index in [1.54, 1.807) is 18.3 Å². The SMILES string of the molecule is CS(=O)(=O)CC(=O)N(CCCCc1cc(Cl)c(COC2(c3cnccc3-c3ccccc3OC3CC3)CC2)cc1Cl)CC(O)C(O)C(O)C(O)CO. The first-order valence-corrected chi connectivity index (χ1v) is 20.1. The third-order valence-electron chi connectivity index (χ3n) is 9.33. The van der Waals surface area contributed by atoms with Crippen LogP contribution in [0.1, 0.15) is 55.2 Å². The van der Waals surface area contributed by atoms with Crippen molar-refractivity contribution in [1.29, 1.82) is 0 Å². The lowest BCUT2D eigenvalue weighted by atomic mass is 9.96. The molecule has 5 N–H and O–H groups in total. The molecule has 3 aromatic rings. The molecule has 1 heterocycles. The molecule has 52 heavy (non-hydrogen) atoms. The number of pyridine rings is 1. The Morgan fingerprint density at radius 1 is 0.981 bits per heavy atom. The topological polar surface area (TPSA) is 187 Å². The maximum atomic E-state index is 12.8. The van der Waals surface area contributed by atoms with E-state index in [0.717, 1.165) is 70.4 Å². The molecule has 284 valence electrons. The Labute approximate surface area is 313 Å². The van der Waals surface area contributed by atoms with Crippen LogP contribution in [0.2, 0.25) is 10.0 Å². The van der Waals surface area contributed by atoms with Gasteiger partial charge in [-0.25, -0.2) is 8.42 Å². The van der Waals surface area contributed by atoms with Gasteiger partial charge in [0.15, 0.2) is 9.84 Å². The average Bonchev–Trinajstić information content (AvgIpc) is 4.06. The molecule has 15 heteroatoms. The molecule has 12 nitrogen and oxygen atoms in total. The summed E-state index contributed by atoms with van der Waals surface area (Å²) in [6.07, 6.45) is 2.70. The number of unbranched alkanes of at least 4 members (excludes halogenated alkanes) is 1. The van der Waals surface area contributed by atoms with Gasteiger partial charge in [0.05, 0.1) is 24.9 Å². The van der Waals surface area contributed by atoms with E-state index in [4.69, 9.17) is 37.8 Å². The second kappa shape index (κ2) is 17.5. The second-order valence-electron chi connectivity index (χ2n) is 13.7. The number of amides is 1. The number of halogens is 2. The fraction of sp³-hybridized carbons (Fsp3) is 0.514. The summed E-state index contributed by atoms with van der Waals surface area (Å²) in [6.45, 7) is -1.11. The van der Waals surface area contributed by atoms with E-state index >= 15 is 0 Å². The van der Waals surface area contributed by atoms with E-state index in [9.17, 15) is 33.6 Å². The second-order valence-corrected chi connectivity index (χ2v) is 16.7. The van der Waals surface area contributed by atoms with Crippen LogP contribution in [0, 0.1) is 0 Å². The molecular formula is C37H46Cl2N2O10S. The Hall–Kier alpha value is -2.85. The first-order chi connectivity index (χ1) is 24.7. The van der Waals surface area contributed by atoms with Crippen molar-refractivity contribution in [1.82, 2.24) is 9.88 Å². The number of sulfone groups is 1. The van der Waals surface area contributed by atoms with Crippen molar-refractivity contribution in [3.63, 3.8) is 0 Å². The van der Waals surface area contributed by atoms with Crippen LogP contribution in [0.5, 0.6) is 5.75 Å². The van der Waals surface area contributed by atoms with Crippen molar-refractivity contribution in [3.05, 3.63) is 81.6 Å². The summed E-state index contributed by atoms with van der Waals surface area (Å²) < 4.78 is 36.4. The molecule has 2 aliphatic carbocycles. The lowest BCUT2D eigenvalue weighted by Crippen LogP contribution is -2.51. The molecule has 2 fully saturated rings. The summed E-state index contributed by atoms with van der Waals surface area (Å²) in [4.78, 5) is 18.3. The van der Waals surface area contributed by atoms with Crippen molar-refractivity contribution >= 4 is 38.9 Å². The van der Waals surface area contributed by atoms with Crippen molar-refractivity contribution < 1.29 is 48.2 Å². The van der Waals surface area contributed by atoms with Gasteiger partial charge in [-0.05, 0) is 85.9 Å².